The molecule has 0 atom stereocenters. The number of rotatable bonds is 8. The van der Waals surface area contributed by atoms with Gasteiger partial charge in [0, 0.05) is 5.39 Å². The molecule has 0 unspecified atom stereocenters. The third-order valence-corrected chi connectivity index (χ3v) is 5.80. The maximum absolute atomic E-state index is 12.8. The molecular formula is C28H30N4O4. The molecule has 0 radical (unpaired) electrons. The Morgan fingerprint density at radius 3 is 2.44 bits per heavy atom. The number of aromatic nitrogens is 3. The summed E-state index contributed by atoms with van der Waals surface area (Å²) in [6, 6.07) is 13.7. The molecule has 0 spiro atoms. The van der Waals surface area contributed by atoms with E-state index < -0.39 is 5.97 Å². The van der Waals surface area contributed by atoms with Gasteiger partial charge in [0.2, 0.25) is 5.91 Å². The maximum Gasteiger partial charge on any atom is 0.343 e. The third kappa shape index (κ3) is 5.38. The predicted octanol–water partition coefficient (Wildman–Crippen LogP) is 5.24. The molecule has 2 aromatic carbocycles. The average molecular weight is 487 g/mol. The number of carbonyl (C=O) groups excluding carboxylic acids is 2. The van der Waals surface area contributed by atoms with Crippen LogP contribution >= 0.6 is 0 Å². The lowest BCUT2D eigenvalue weighted by molar-refractivity contribution is -0.116. The molecule has 2 heterocycles. The van der Waals surface area contributed by atoms with Crippen molar-refractivity contribution in [2.24, 2.45) is 0 Å². The van der Waals surface area contributed by atoms with Crippen LogP contribution in [-0.2, 0) is 9.53 Å². The molecule has 0 saturated heterocycles. The van der Waals surface area contributed by atoms with E-state index in [4.69, 9.17) is 14.5 Å². The van der Waals surface area contributed by atoms with Crippen LogP contribution in [-0.4, -0.2) is 39.9 Å². The molecule has 8 nitrogen and oxygen atoms in total. The fourth-order valence-corrected chi connectivity index (χ4v) is 4.03. The number of aryl methyl sites for hydroxylation is 4. The normalized spacial score (nSPS) is 10.9. The van der Waals surface area contributed by atoms with Crippen LogP contribution in [0.4, 0.5) is 5.82 Å². The smallest absolute Gasteiger partial charge is 0.343 e. The Bertz CT molecular complexity index is 1420. The minimum absolute atomic E-state index is 0.0872. The summed E-state index contributed by atoms with van der Waals surface area (Å²) in [5.74, 6) is 0.503. The summed E-state index contributed by atoms with van der Waals surface area (Å²) in [5.41, 5.74) is 5.33. The van der Waals surface area contributed by atoms with Gasteiger partial charge in [-0.1, -0.05) is 29.3 Å². The van der Waals surface area contributed by atoms with E-state index in [1.807, 2.05) is 51.1 Å². The van der Waals surface area contributed by atoms with Crippen LogP contribution in [0, 0.1) is 27.7 Å². The number of hydrogen-bond donors (Lipinski definition) is 1. The van der Waals surface area contributed by atoms with Crippen LogP contribution in [0.15, 0.2) is 48.7 Å². The molecule has 0 saturated carbocycles. The number of carbonyl (C=O) groups is 2. The fourth-order valence-electron chi connectivity index (χ4n) is 4.03. The zero-order chi connectivity index (χ0) is 25.8. The summed E-state index contributed by atoms with van der Waals surface area (Å²) >= 11 is 0. The first-order chi connectivity index (χ1) is 17.3. The molecule has 36 heavy (non-hydrogen) atoms. The summed E-state index contributed by atoms with van der Waals surface area (Å²) in [6.07, 6.45) is 1.48. The predicted molar refractivity (Wildman–Crippen MR) is 139 cm³/mol. The second-order valence-electron chi connectivity index (χ2n) is 8.77. The Kier molecular flexibility index (Phi) is 7.33. The molecule has 0 aliphatic carbocycles. The quantitative estimate of drug-likeness (QED) is 0.342. The van der Waals surface area contributed by atoms with Crippen molar-refractivity contribution in [3.05, 3.63) is 76.5 Å². The average Bonchev–Trinajstić information content (AvgIpc) is 3.24. The number of ether oxygens (including phenoxy) is 2. The fraction of sp³-hybridized carbons (Fsp3) is 0.286. The van der Waals surface area contributed by atoms with Crippen molar-refractivity contribution in [1.82, 2.24) is 14.8 Å². The van der Waals surface area contributed by atoms with E-state index in [9.17, 15) is 9.59 Å². The van der Waals surface area contributed by atoms with Gasteiger partial charge < -0.3 is 14.8 Å². The Hall–Kier alpha value is -4.20. The SMILES string of the molecule is CCOC(=O)c1cnn(-c2cc(C)c3cc(C)cc(C)c3n2)c1NC(=O)CCOc1ccc(C)cc1. The molecule has 0 aliphatic rings. The zero-order valence-electron chi connectivity index (χ0n) is 21.2. The number of esters is 1. The summed E-state index contributed by atoms with van der Waals surface area (Å²) in [6.45, 7) is 10.2. The minimum atomic E-state index is -0.570. The summed E-state index contributed by atoms with van der Waals surface area (Å²) < 4.78 is 12.3. The van der Waals surface area contributed by atoms with E-state index in [1.165, 1.54) is 10.9 Å². The lowest BCUT2D eigenvalue weighted by atomic mass is 10.0. The van der Waals surface area contributed by atoms with Crippen LogP contribution < -0.4 is 10.1 Å². The molecule has 1 amide bonds. The van der Waals surface area contributed by atoms with E-state index in [0.29, 0.717) is 11.6 Å². The summed E-state index contributed by atoms with van der Waals surface area (Å²) in [5, 5.41) is 8.25. The van der Waals surface area contributed by atoms with Gasteiger partial charge in [-0.15, -0.1) is 0 Å². The lowest BCUT2D eigenvalue weighted by Gasteiger charge is -2.13. The minimum Gasteiger partial charge on any atom is -0.493 e. The van der Waals surface area contributed by atoms with Crippen molar-refractivity contribution in [3.63, 3.8) is 0 Å². The van der Waals surface area contributed by atoms with Crippen LogP contribution in [0.5, 0.6) is 5.75 Å². The number of fused-ring (bicyclic) bond motifs is 1. The van der Waals surface area contributed by atoms with Gasteiger partial charge in [0.15, 0.2) is 11.6 Å². The number of anilines is 1. The number of hydrogen-bond acceptors (Lipinski definition) is 6. The standard InChI is InChI=1S/C28H30N4O4/c1-6-35-28(34)23-16-29-32(24-15-19(4)22-14-18(3)13-20(5)26(22)30-24)27(23)31-25(33)11-12-36-21-9-7-17(2)8-10-21/h7-10,13-16H,6,11-12H2,1-5H3,(H,31,33). The first-order valence-electron chi connectivity index (χ1n) is 11.9. The molecule has 186 valence electrons. The van der Waals surface area contributed by atoms with Crippen LogP contribution in [0.2, 0.25) is 0 Å². The van der Waals surface area contributed by atoms with E-state index in [2.05, 4.69) is 29.5 Å². The van der Waals surface area contributed by atoms with E-state index in [0.717, 1.165) is 33.2 Å². The van der Waals surface area contributed by atoms with Gasteiger partial charge in [-0.2, -0.15) is 9.78 Å². The lowest BCUT2D eigenvalue weighted by Crippen LogP contribution is -2.20. The Balaban J connectivity index is 1.63. The second-order valence-corrected chi connectivity index (χ2v) is 8.77. The van der Waals surface area contributed by atoms with Gasteiger partial charge in [-0.3, -0.25) is 4.79 Å². The second kappa shape index (κ2) is 10.6. The monoisotopic (exact) mass is 486 g/mol. The molecule has 0 bridgehead atoms. The van der Waals surface area contributed by atoms with E-state index in [1.54, 1.807) is 6.92 Å². The van der Waals surface area contributed by atoms with Crippen LogP contribution in [0.1, 0.15) is 46.0 Å². The number of nitrogens with one attached hydrogen (secondary N) is 1. The van der Waals surface area contributed by atoms with Crippen LogP contribution in [0.25, 0.3) is 16.7 Å². The topological polar surface area (TPSA) is 95.3 Å². The Morgan fingerprint density at radius 2 is 1.72 bits per heavy atom. The number of nitrogens with zero attached hydrogens (tertiary/aromatic N) is 3. The largest absolute Gasteiger partial charge is 0.493 e. The van der Waals surface area contributed by atoms with Crippen molar-refractivity contribution in [2.75, 3.05) is 18.5 Å². The van der Waals surface area contributed by atoms with Gasteiger partial charge in [0.25, 0.3) is 0 Å². The Morgan fingerprint density at radius 1 is 0.972 bits per heavy atom. The first-order valence-corrected chi connectivity index (χ1v) is 11.9. The Labute approximate surface area is 210 Å². The van der Waals surface area contributed by atoms with Gasteiger partial charge in [-0.05, 0) is 70.0 Å². The molecule has 0 fully saturated rings. The van der Waals surface area contributed by atoms with Crippen molar-refractivity contribution < 1.29 is 19.1 Å². The molecule has 8 heteroatoms. The van der Waals surface area contributed by atoms with E-state index in [-0.39, 0.29) is 36.9 Å². The van der Waals surface area contributed by atoms with Gasteiger partial charge >= 0.3 is 5.97 Å². The number of benzene rings is 2. The van der Waals surface area contributed by atoms with Crippen LogP contribution in [0.3, 0.4) is 0 Å². The molecule has 4 aromatic rings. The number of amides is 1. The molecular weight excluding hydrogens is 456 g/mol. The third-order valence-electron chi connectivity index (χ3n) is 5.80. The van der Waals surface area contributed by atoms with Gasteiger partial charge in [0.05, 0.1) is 31.3 Å². The van der Waals surface area contributed by atoms with Crippen molar-refractivity contribution in [2.45, 2.75) is 41.0 Å². The highest BCUT2D eigenvalue weighted by atomic mass is 16.5. The van der Waals surface area contributed by atoms with Crippen molar-refractivity contribution in [1.29, 1.82) is 0 Å². The highest BCUT2D eigenvalue weighted by molar-refractivity contribution is 6.00. The van der Waals surface area contributed by atoms with Crippen molar-refractivity contribution in [3.8, 4) is 11.6 Å². The first kappa shape index (κ1) is 24.9. The van der Waals surface area contributed by atoms with Crippen molar-refractivity contribution >= 4 is 28.6 Å². The maximum atomic E-state index is 12.8. The van der Waals surface area contributed by atoms with Gasteiger partial charge in [-0.25, -0.2) is 9.78 Å². The van der Waals surface area contributed by atoms with Gasteiger partial charge in [0.1, 0.15) is 11.3 Å². The highest BCUT2D eigenvalue weighted by Crippen LogP contribution is 2.27. The van der Waals surface area contributed by atoms with E-state index >= 15 is 0 Å². The highest BCUT2D eigenvalue weighted by Gasteiger charge is 2.23. The summed E-state index contributed by atoms with van der Waals surface area (Å²) in [4.78, 5) is 30.3. The zero-order valence-corrected chi connectivity index (χ0v) is 21.2. The molecule has 0 aliphatic heterocycles. The molecule has 4 rings (SSSR count). The molecule has 1 N–H and O–H groups in total. The summed E-state index contributed by atoms with van der Waals surface area (Å²) in [7, 11) is 0. The number of pyridine rings is 1. The molecule has 2 aromatic heterocycles.